The molecule has 2 aromatic rings. The molecule has 0 bridgehead atoms. The van der Waals surface area contributed by atoms with E-state index < -0.39 is 0 Å². The zero-order chi connectivity index (χ0) is 17.1. The van der Waals surface area contributed by atoms with Gasteiger partial charge in [-0.1, -0.05) is 17.7 Å². The van der Waals surface area contributed by atoms with Crippen LogP contribution in [-0.4, -0.2) is 30.6 Å². The third kappa shape index (κ3) is 3.31. The minimum Gasteiger partial charge on any atom is -0.478 e. The smallest absolute Gasteiger partial charge is 0.275 e. The summed E-state index contributed by atoms with van der Waals surface area (Å²) in [4.78, 5) is 19.0. The summed E-state index contributed by atoms with van der Waals surface area (Å²) in [5.74, 6) is 0.0423. The highest BCUT2D eigenvalue weighted by Gasteiger charge is 2.19. The Balaban J connectivity index is 1.82. The molecular weight excluding hydrogens is 326 g/mol. The van der Waals surface area contributed by atoms with Crippen molar-refractivity contribution in [1.29, 1.82) is 0 Å². The largest absolute Gasteiger partial charge is 0.478 e. The monoisotopic (exact) mass is 345 g/mol. The molecule has 5 nitrogen and oxygen atoms in total. The van der Waals surface area contributed by atoms with Crippen molar-refractivity contribution in [2.24, 2.45) is 0 Å². The number of carbonyl (C=O) groups excluding carboxylic acids is 1. The summed E-state index contributed by atoms with van der Waals surface area (Å²) in [6, 6.07) is 9.25. The van der Waals surface area contributed by atoms with Gasteiger partial charge in [-0.05, 0) is 44.0 Å². The molecule has 1 N–H and O–H groups in total. The van der Waals surface area contributed by atoms with E-state index in [2.05, 4.69) is 28.2 Å². The number of nitrogens with zero attached hydrogens (tertiary/aromatic N) is 2. The Labute approximate surface area is 146 Å². The third-order valence-corrected chi connectivity index (χ3v) is 4.35. The van der Waals surface area contributed by atoms with Crippen LogP contribution in [0.1, 0.15) is 29.9 Å². The number of fused-ring (bicyclic) bond motifs is 1. The van der Waals surface area contributed by atoms with Gasteiger partial charge in [-0.3, -0.25) is 4.79 Å². The normalized spacial score (nSPS) is 12.9. The van der Waals surface area contributed by atoms with Gasteiger partial charge >= 0.3 is 0 Å². The second-order valence-electron chi connectivity index (χ2n) is 5.54. The number of benzene rings is 1. The van der Waals surface area contributed by atoms with Gasteiger partial charge in [0.25, 0.3) is 5.91 Å². The maximum atomic E-state index is 12.5. The van der Waals surface area contributed by atoms with Gasteiger partial charge < -0.3 is 15.0 Å². The van der Waals surface area contributed by atoms with Crippen LogP contribution < -0.4 is 15.0 Å². The molecule has 0 atom stereocenters. The second-order valence-corrected chi connectivity index (χ2v) is 5.95. The fraction of sp³-hybridized carbons (Fsp3) is 0.333. The molecule has 2 heterocycles. The van der Waals surface area contributed by atoms with E-state index in [-0.39, 0.29) is 11.6 Å². The van der Waals surface area contributed by atoms with Crippen LogP contribution in [0.15, 0.2) is 30.3 Å². The third-order valence-electron chi connectivity index (χ3n) is 4.04. The number of carbonyl (C=O) groups is 1. The van der Waals surface area contributed by atoms with E-state index in [0.717, 1.165) is 25.2 Å². The molecule has 1 amide bonds. The molecule has 0 radical (unpaired) electrons. The van der Waals surface area contributed by atoms with Gasteiger partial charge in [0.2, 0.25) is 5.88 Å². The van der Waals surface area contributed by atoms with Gasteiger partial charge in [0.15, 0.2) is 5.69 Å². The molecule has 0 saturated carbocycles. The number of nitrogens with one attached hydrogen (secondary N) is 1. The molecule has 0 fully saturated rings. The quantitative estimate of drug-likeness (QED) is 0.896. The average molecular weight is 346 g/mol. The number of amides is 1. The van der Waals surface area contributed by atoms with Crippen molar-refractivity contribution in [2.75, 3.05) is 29.9 Å². The van der Waals surface area contributed by atoms with Crippen LogP contribution >= 0.6 is 11.6 Å². The molecule has 6 heteroatoms. The number of rotatable bonds is 5. The molecule has 0 spiro atoms. The highest BCUT2D eigenvalue weighted by atomic mass is 35.5. The van der Waals surface area contributed by atoms with Crippen molar-refractivity contribution in [2.45, 2.75) is 20.3 Å². The Bertz CT molecular complexity index is 764. The van der Waals surface area contributed by atoms with Crippen LogP contribution in [0.5, 0.6) is 5.88 Å². The molecule has 1 aromatic heterocycles. The van der Waals surface area contributed by atoms with Crippen molar-refractivity contribution in [1.82, 2.24) is 4.98 Å². The van der Waals surface area contributed by atoms with Crippen LogP contribution in [0, 0.1) is 0 Å². The number of likely N-dealkylation sites (N-methyl/N-ethyl adjacent to an activating group) is 1. The Kier molecular flexibility index (Phi) is 4.90. The predicted molar refractivity (Wildman–Crippen MR) is 96.4 cm³/mol. The van der Waals surface area contributed by atoms with Gasteiger partial charge in [0.1, 0.15) is 0 Å². The average Bonchev–Trinajstić information content (AvgIpc) is 2.99. The number of hydrogen-bond donors (Lipinski definition) is 1. The first-order chi connectivity index (χ1) is 11.6. The Morgan fingerprint density at radius 1 is 1.33 bits per heavy atom. The number of pyridine rings is 1. The zero-order valence-electron chi connectivity index (χ0n) is 13.8. The lowest BCUT2D eigenvalue weighted by Crippen LogP contribution is -2.19. The SMILES string of the molecule is CCOc1ccc(Cl)c(C(=O)Nc2ccc3c(c2)N(CC)CC3)n1. The van der Waals surface area contributed by atoms with E-state index in [1.807, 2.05) is 19.1 Å². The molecular formula is C18H20ClN3O2. The Morgan fingerprint density at radius 2 is 2.17 bits per heavy atom. The summed E-state index contributed by atoms with van der Waals surface area (Å²) < 4.78 is 5.33. The first kappa shape index (κ1) is 16.6. The number of halogens is 1. The first-order valence-electron chi connectivity index (χ1n) is 8.11. The highest BCUT2D eigenvalue weighted by Crippen LogP contribution is 2.31. The number of hydrogen-bond acceptors (Lipinski definition) is 4. The fourth-order valence-corrected chi connectivity index (χ4v) is 3.04. The van der Waals surface area contributed by atoms with Gasteiger partial charge in [-0.2, -0.15) is 0 Å². The van der Waals surface area contributed by atoms with Gasteiger partial charge in [0, 0.05) is 30.5 Å². The van der Waals surface area contributed by atoms with Gasteiger partial charge in [-0.25, -0.2) is 4.98 Å². The second kappa shape index (κ2) is 7.09. The number of ether oxygens (including phenoxy) is 1. The van der Waals surface area contributed by atoms with E-state index in [0.29, 0.717) is 17.5 Å². The van der Waals surface area contributed by atoms with Gasteiger partial charge in [-0.15, -0.1) is 0 Å². The maximum Gasteiger partial charge on any atom is 0.275 e. The lowest BCUT2D eigenvalue weighted by molar-refractivity contribution is 0.102. The predicted octanol–water partition coefficient (Wildman–Crippen LogP) is 3.77. The lowest BCUT2D eigenvalue weighted by atomic mass is 10.1. The van der Waals surface area contributed by atoms with E-state index in [9.17, 15) is 4.79 Å². The molecule has 0 saturated heterocycles. The standard InChI is InChI=1S/C18H20ClN3O2/c1-3-22-10-9-12-5-6-13(11-15(12)22)20-18(23)17-14(19)7-8-16(21-17)24-4-2/h5-8,11H,3-4,9-10H2,1-2H3,(H,20,23). The summed E-state index contributed by atoms with van der Waals surface area (Å²) in [6.45, 7) is 6.44. The lowest BCUT2D eigenvalue weighted by Gasteiger charge is -2.17. The summed E-state index contributed by atoms with van der Waals surface area (Å²) in [5, 5.41) is 3.17. The van der Waals surface area contributed by atoms with Crippen LogP contribution in [-0.2, 0) is 6.42 Å². The van der Waals surface area contributed by atoms with Crippen LogP contribution in [0.2, 0.25) is 5.02 Å². The minimum absolute atomic E-state index is 0.162. The van der Waals surface area contributed by atoms with Gasteiger partial charge in [0.05, 0.1) is 11.6 Å². The van der Waals surface area contributed by atoms with Crippen LogP contribution in [0.25, 0.3) is 0 Å². The molecule has 24 heavy (non-hydrogen) atoms. The molecule has 1 aliphatic heterocycles. The highest BCUT2D eigenvalue weighted by molar-refractivity contribution is 6.34. The molecule has 1 aromatic carbocycles. The van der Waals surface area contributed by atoms with Crippen LogP contribution in [0.4, 0.5) is 11.4 Å². The minimum atomic E-state index is -0.345. The summed E-state index contributed by atoms with van der Waals surface area (Å²) >= 11 is 6.11. The van der Waals surface area contributed by atoms with Crippen molar-refractivity contribution in [3.8, 4) is 5.88 Å². The molecule has 126 valence electrons. The summed E-state index contributed by atoms with van der Waals surface area (Å²) in [6.07, 6.45) is 1.04. The molecule has 3 rings (SSSR count). The van der Waals surface area contributed by atoms with Crippen LogP contribution in [0.3, 0.4) is 0 Å². The van der Waals surface area contributed by atoms with Crippen molar-refractivity contribution < 1.29 is 9.53 Å². The summed E-state index contributed by atoms with van der Waals surface area (Å²) in [7, 11) is 0. The maximum absolute atomic E-state index is 12.5. The fourth-order valence-electron chi connectivity index (χ4n) is 2.85. The van der Waals surface area contributed by atoms with Crippen molar-refractivity contribution in [3.63, 3.8) is 0 Å². The zero-order valence-corrected chi connectivity index (χ0v) is 14.6. The summed E-state index contributed by atoms with van der Waals surface area (Å²) in [5.41, 5.74) is 3.39. The van der Waals surface area contributed by atoms with Crippen molar-refractivity contribution >= 4 is 28.9 Å². The number of aromatic nitrogens is 1. The molecule has 0 unspecified atom stereocenters. The number of anilines is 2. The Morgan fingerprint density at radius 3 is 2.92 bits per heavy atom. The first-order valence-corrected chi connectivity index (χ1v) is 8.48. The van der Waals surface area contributed by atoms with Crippen molar-refractivity contribution in [3.05, 3.63) is 46.6 Å². The van der Waals surface area contributed by atoms with E-state index >= 15 is 0 Å². The van der Waals surface area contributed by atoms with E-state index in [1.54, 1.807) is 12.1 Å². The molecule has 0 aliphatic carbocycles. The molecule has 1 aliphatic rings. The van der Waals surface area contributed by atoms with E-state index in [4.69, 9.17) is 16.3 Å². The Hall–Kier alpha value is -2.27. The van der Waals surface area contributed by atoms with E-state index in [1.165, 1.54) is 11.3 Å². The topological polar surface area (TPSA) is 54.5 Å².